The average Bonchev–Trinajstić information content (AvgIpc) is 3.42. The van der Waals surface area contributed by atoms with Gasteiger partial charge in [0.2, 0.25) is 0 Å². The normalized spacial score (nSPS) is 12.6. The third-order valence-corrected chi connectivity index (χ3v) is 7.55. The van der Waals surface area contributed by atoms with Crippen LogP contribution in [0.4, 0.5) is 0 Å². The van der Waals surface area contributed by atoms with Crippen molar-refractivity contribution >= 4 is 33.3 Å². The van der Waals surface area contributed by atoms with Crippen molar-refractivity contribution < 1.29 is 0 Å². The van der Waals surface area contributed by atoms with Gasteiger partial charge >= 0.3 is 0 Å². The Morgan fingerprint density at radius 3 is 2.67 bits per heavy atom. The molecule has 1 unspecified atom stereocenters. The fraction of sp³-hybridized carbons (Fsp3) is 0.417. The van der Waals surface area contributed by atoms with Gasteiger partial charge in [0.15, 0.2) is 11.0 Å². The number of thioether (sulfide) groups is 1. The molecule has 0 spiro atoms. The first-order valence-electron chi connectivity index (χ1n) is 11.3. The van der Waals surface area contributed by atoms with Crippen molar-refractivity contribution in [3.8, 4) is 11.1 Å². The number of fused-ring (bicyclic) bond motifs is 1. The Bertz CT molecular complexity index is 1260. The number of hydrogen-bond donors (Lipinski definition) is 1. The highest BCUT2D eigenvalue weighted by molar-refractivity contribution is 7.98. The molecule has 1 N–H and O–H groups in total. The van der Waals surface area contributed by atoms with E-state index in [1.165, 1.54) is 11.3 Å². The molecule has 3 aromatic heterocycles. The number of hydrogen-bond acceptors (Lipinski definition) is 7. The molecule has 0 radical (unpaired) electrons. The first-order chi connectivity index (χ1) is 16.0. The van der Waals surface area contributed by atoms with Crippen LogP contribution in [0.2, 0.25) is 0 Å². The van der Waals surface area contributed by atoms with Gasteiger partial charge in [0, 0.05) is 17.5 Å². The van der Waals surface area contributed by atoms with Gasteiger partial charge < -0.3 is 9.55 Å². The van der Waals surface area contributed by atoms with Crippen LogP contribution in [0.1, 0.15) is 50.8 Å². The molecule has 174 valence electrons. The first-order valence-corrected chi connectivity index (χ1v) is 13.2. The van der Waals surface area contributed by atoms with Crippen LogP contribution >= 0.6 is 23.1 Å². The van der Waals surface area contributed by atoms with Gasteiger partial charge in [-0.2, -0.15) is 0 Å². The topological polar surface area (TPSA) is 79.7 Å². The zero-order chi connectivity index (χ0) is 23.4. The summed E-state index contributed by atoms with van der Waals surface area (Å²) in [6.07, 6.45) is 3.14. The molecule has 9 heteroatoms. The zero-order valence-corrected chi connectivity index (χ0v) is 21.2. The summed E-state index contributed by atoms with van der Waals surface area (Å²) in [6, 6.07) is 10.2. The number of benzene rings is 1. The highest BCUT2D eigenvalue weighted by Crippen LogP contribution is 2.31. The number of unbranched alkanes of at least 4 members (excludes halogenated alkanes) is 1. The van der Waals surface area contributed by atoms with Gasteiger partial charge in [-0.05, 0) is 32.5 Å². The minimum absolute atomic E-state index is 0.0949. The summed E-state index contributed by atoms with van der Waals surface area (Å²) in [4.78, 5) is 23.6. The Labute approximate surface area is 202 Å². The molecular weight excluding hydrogens is 452 g/mol. The molecule has 7 nitrogen and oxygen atoms in total. The van der Waals surface area contributed by atoms with Crippen molar-refractivity contribution in [2.24, 2.45) is 0 Å². The van der Waals surface area contributed by atoms with Gasteiger partial charge in [-0.25, -0.2) is 4.98 Å². The van der Waals surface area contributed by atoms with Gasteiger partial charge in [-0.1, -0.05) is 62.4 Å². The summed E-state index contributed by atoms with van der Waals surface area (Å²) in [7, 11) is 4.16. The standard InChI is InChI=1S/C24H30N6OS2/c1-5-7-13-30-21(18(6-2)29(3)4)27-28-24(30)33-15-19-25-22(31)20-17(14-32-23(20)26-19)16-11-9-8-10-12-16/h8-12,14,18H,5-7,13,15H2,1-4H3,(H,25,26,31). The van der Waals surface area contributed by atoms with E-state index < -0.39 is 0 Å². The quantitative estimate of drug-likeness (QED) is 0.307. The van der Waals surface area contributed by atoms with E-state index in [0.717, 1.165) is 52.7 Å². The van der Waals surface area contributed by atoms with E-state index >= 15 is 0 Å². The van der Waals surface area contributed by atoms with Crippen LogP contribution in [0.15, 0.2) is 45.7 Å². The van der Waals surface area contributed by atoms with Gasteiger partial charge in [0.1, 0.15) is 10.7 Å². The van der Waals surface area contributed by atoms with Crippen molar-refractivity contribution in [1.82, 2.24) is 29.6 Å². The minimum Gasteiger partial charge on any atom is -0.309 e. The van der Waals surface area contributed by atoms with E-state index in [2.05, 4.69) is 52.6 Å². The second-order valence-electron chi connectivity index (χ2n) is 8.23. The molecule has 33 heavy (non-hydrogen) atoms. The molecule has 0 fully saturated rings. The lowest BCUT2D eigenvalue weighted by Crippen LogP contribution is -2.23. The molecule has 4 aromatic rings. The number of aromatic amines is 1. The largest absolute Gasteiger partial charge is 0.309 e. The molecule has 0 aliphatic rings. The van der Waals surface area contributed by atoms with Gasteiger partial charge in [0.25, 0.3) is 5.56 Å². The van der Waals surface area contributed by atoms with Crippen molar-refractivity contribution in [3.05, 3.63) is 57.7 Å². The van der Waals surface area contributed by atoms with Crippen LogP contribution in [0.5, 0.6) is 0 Å². The maximum atomic E-state index is 12.9. The van der Waals surface area contributed by atoms with E-state index in [9.17, 15) is 4.79 Å². The lowest BCUT2D eigenvalue weighted by Gasteiger charge is -2.23. The monoisotopic (exact) mass is 482 g/mol. The molecular formula is C24H30N6OS2. The Morgan fingerprint density at radius 1 is 1.18 bits per heavy atom. The van der Waals surface area contributed by atoms with Crippen LogP contribution in [-0.4, -0.2) is 43.7 Å². The van der Waals surface area contributed by atoms with Crippen LogP contribution in [0.3, 0.4) is 0 Å². The van der Waals surface area contributed by atoms with Crippen molar-refractivity contribution in [2.45, 2.75) is 56.6 Å². The molecule has 4 rings (SSSR count). The molecule has 0 saturated heterocycles. The van der Waals surface area contributed by atoms with E-state index in [-0.39, 0.29) is 11.6 Å². The third-order valence-electron chi connectivity index (χ3n) is 5.70. The number of thiophene rings is 1. The van der Waals surface area contributed by atoms with E-state index in [0.29, 0.717) is 17.0 Å². The van der Waals surface area contributed by atoms with Gasteiger partial charge in [-0.3, -0.25) is 9.69 Å². The van der Waals surface area contributed by atoms with Gasteiger partial charge in [0.05, 0.1) is 17.2 Å². The zero-order valence-electron chi connectivity index (χ0n) is 19.5. The molecule has 1 atom stereocenters. The molecule has 0 bridgehead atoms. The minimum atomic E-state index is -0.0949. The van der Waals surface area contributed by atoms with Crippen molar-refractivity contribution in [2.75, 3.05) is 14.1 Å². The number of nitrogens with one attached hydrogen (secondary N) is 1. The van der Waals surface area contributed by atoms with Crippen LogP contribution in [-0.2, 0) is 12.3 Å². The molecule has 0 amide bonds. The van der Waals surface area contributed by atoms with Gasteiger partial charge in [-0.15, -0.1) is 21.5 Å². The smallest absolute Gasteiger partial charge is 0.260 e. The van der Waals surface area contributed by atoms with Crippen LogP contribution in [0, 0.1) is 0 Å². The second-order valence-corrected chi connectivity index (χ2v) is 10.0. The Balaban J connectivity index is 1.60. The maximum absolute atomic E-state index is 12.9. The van der Waals surface area contributed by atoms with E-state index in [4.69, 9.17) is 4.98 Å². The van der Waals surface area contributed by atoms with E-state index in [1.54, 1.807) is 11.8 Å². The number of rotatable bonds is 10. The Morgan fingerprint density at radius 2 is 1.97 bits per heavy atom. The van der Waals surface area contributed by atoms with Crippen molar-refractivity contribution in [3.63, 3.8) is 0 Å². The number of H-pyrrole nitrogens is 1. The lowest BCUT2D eigenvalue weighted by atomic mass is 10.1. The van der Waals surface area contributed by atoms with Crippen LogP contribution in [0.25, 0.3) is 21.3 Å². The van der Waals surface area contributed by atoms with Crippen molar-refractivity contribution in [1.29, 1.82) is 0 Å². The summed E-state index contributed by atoms with van der Waals surface area (Å²) in [5.74, 6) is 2.19. The molecule has 1 aromatic carbocycles. The summed E-state index contributed by atoms with van der Waals surface area (Å²) in [5.41, 5.74) is 1.87. The molecule has 0 aliphatic carbocycles. The SMILES string of the molecule is CCCCn1c(SCc2nc3scc(-c4ccccc4)c3c(=O)[nH]2)nnc1C(CC)N(C)C. The predicted molar refractivity (Wildman–Crippen MR) is 137 cm³/mol. The fourth-order valence-electron chi connectivity index (χ4n) is 3.98. The van der Waals surface area contributed by atoms with Crippen LogP contribution < -0.4 is 5.56 Å². The van der Waals surface area contributed by atoms with E-state index in [1.807, 2.05) is 35.7 Å². The molecule has 0 aliphatic heterocycles. The molecule has 3 heterocycles. The lowest BCUT2D eigenvalue weighted by molar-refractivity contribution is 0.270. The summed E-state index contributed by atoms with van der Waals surface area (Å²) >= 11 is 3.08. The Hall–Kier alpha value is -2.49. The second kappa shape index (κ2) is 10.6. The Kier molecular flexibility index (Phi) is 7.62. The summed E-state index contributed by atoms with van der Waals surface area (Å²) in [5, 5.41) is 12.6. The number of nitrogens with zero attached hydrogens (tertiary/aromatic N) is 5. The predicted octanol–water partition coefficient (Wildman–Crippen LogP) is 5.35. The molecule has 0 saturated carbocycles. The number of aromatic nitrogens is 5. The maximum Gasteiger partial charge on any atom is 0.260 e. The summed E-state index contributed by atoms with van der Waals surface area (Å²) < 4.78 is 2.23. The third kappa shape index (κ3) is 5.05. The summed E-state index contributed by atoms with van der Waals surface area (Å²) in [6.45, 7) is 5.25. The fourth-order valence-corrected chi connectivity index (χ4v) is 5.79. The average molecular weight is 483 g/mol. The first kappa shape index (κ1) is 23.7. The highest BCUT2D eigenvalue weighted by atomic mass is 32.2. The highest BCUT2D eigenvalue weighted by Gasteiger charge is 2.22.